The summed E-state index contributed by atoms with van der Waals surface area (Å²) in [7, 11) is -3.47. The van der Waals surface area contributed by atoms with Crippen molar-refractivity contribution in [3.63, 3.8) is 0 Å². The Morgan fingerprint density at radius 3 is 2.38 bits per heavy atom. The molecule has 29 heavy (non-hydrogen) atoms. The highest BCUT2D eigenvalue weighted by atomic mass is 32.2. The monoisotopic (exact) mass is 417 g/mol. The number of rotatable bonds is 5. The highest BCUT2D eigenvalue weighted by molar-refractivity contribution is 7.89. The van der Waals surface area contributed by atoms with Crippen molar-refractivity contribution in [2.45, 2.75) is 75.3 Å². The molecule has 0 atom stereocenters. The Morgan fingerprint density at radius 2 is 1.66 bits per heavy atom. The smallest absolute Gasteiger partial charge is 0.243 e. The van der Waals surface area contributed by atoms with Gasteiger partial charge in [0, 0.05) is 36.2 Å². The van der Waals surface area contributed by atoms with Crippen LogP contribution in [0.2, 0.25) is 0 Å². The lowest BCUT2D eigenvalue weighted by molar-refractivity contribution is -0.122. The molecule has 158 valence electrons. The van der Waals surface area contributed by atoms with E-state index in [1.54, 1.807) is 16.4 Å². The van der Waals surface area contributed by atoms with Crippen LogP contribution in [0.3, 0.4) is 0 Å². The van der Waals surface area contributed by atoms with Crippen molar-refractivity contribution in [2.75, 3.05) is 13.1 Å². The molecule has 0 unspecified atom stereocenters. The normalized spacial score (nSPS) is 19.9. The minimum atomic E-state index is -3.47. The van der Waals surface area contributed by atoms with Gasteiger partial charge in [-0.2, -0.15) is 4.31 Å². The Balaban J connectivity index is 1.49. The van der Waals surface area contributed by atoms with Crippen molar-refractivity contribution in [1.29, 1.82) is 0 Å². The van der Waals surface area contributed by atoms with E-state index in [4.69, 9.17) is 0 Å². The molecule has 1 aliphatic heterocycles. The zero-order valence-electron chi connectivity index (χ0n) is 17.0. The predicted molar refractivity (Wildman–Crippen MR) is 114 cm³/mol. The van der Waals surface area contributed by atoms with Crippen molar-refractivity contribution in [3.8, 4) is 0 Å². The van der Waals surface area contributed by atoms with Gasteiger partial charge >= 0.3 is 0 Å². The van der Waals surface area contributed by atoms with E-state index in [1.165, 1.54) is 19.3 Å². The second kappa shape index (κ2) is 8.88. The van der Waals surface area contributed by atoms with E-state index in [2.05, 4.69) is 5.32 Å². The molecule has 1 aromatic carbocycles. The van der Waals surface area contributed by atoms with E-state index in [9.17, 15) is 13.2 Å². The van der Waals surface area contributed by atoms with Crippen LogP contribution in [0.15, 0.2) is 35.4 Å². The molecule has 2 aromatic rings. The number of carbonyl (C=O) groups excluding carboxylic acids is 1. The first-order chi connectivity index (χ1) is 14.0. The zero-order chi connectivity index (χ0) is 20.3. The lowest BCUT2D eigenvalue weighted by Crippen LogP contribution is -2.38. The van der Waals surface area contributed by atoms with Crippen LogP contribution < -0.4 is 5.32 Å². The lowest BCUT2D eigenvalue weighted by atomic mass is 9.95. The van der Waals surface area contributed by atoms with Gasteiger partial charge in [0.1, 0.15) is 6.54 Å². The van der Waals surface area contributed by atoms with Crippen molar-refractivity contribution in [1.82, 2.24) is 14.2 Å². The van der Waals surface area contributed by atoms with Crippen molar-refractivity contribution >= 4 is 26.8 Å². The van der Waals surface area contributed by atoms with E-state index in [0.717, 1.165) is 49.4 Å². The van der Waals surface area contributed by atoms with Crippen LogP contribution in [-0.2, 0) is 21.4 Å². The fourth-order valence-corrected chi connectivity index (χ4v) is 6.14. The molecule has 2 fully saturated rings. The Kier molecular flexibility index (Phi) is 6.25. The molecule has 1 N–H and O–H groups in total. The third-order valence-electron chi connectivity index (χ3n) is 6.23. The zero-order valence-corrected chi connectivity index (χ0v) is 17.8. The van der Waals surface area contributed by atoms with Gasteiger partial charge in [-0.3, -0.25) is 4.79 Å². The molecule has 7 heteroatoms. The molecule has 2 heterocycles. The molecule has 0 bridgehead atoms. The maximum absolute atomic E-state index is 13.0. The summed E-state index contributed by atoms with van der Waals surface area (Å²) in [5.41, 5.74) is 0.888. The van der Waals surface area contributed by atoms with Crippen LogP contribution >= 0.6 is 0 Å². The maximum Gasteiger partial charge on any atom is 0.243 e. The van der Waals surface area contributed by atoms with Crippen LogP contribution in [-0.4, -0.2) is 42.3 Å². The van der Waals surface area contributed by atoms with Crippen LogP contribution in [0.1, 0.15) is 57.8 Å². The molecule has 1 aromatic heterocycles. The molecule has 0 radical (unpaired) electrons. The number of nitrogens with zero attached hydrogens (tertiary/aromatic N) is 2. The Hall–Kier alpha value is -1.86. The summed E-state index contributed by atoms with van der Waals surface area (Å²) in [4.78, 5) is 12.8. The van der Waals surface area contributed by atoms with Crippen LogP contribution in [0, 0.1) is 0 Å². The summed E-state index contributed by atoms with van der Waals surface area (Å²) in [5.74, 6) is 0.0238. The number of hydrogen-bond donors (Lipinski definition) is 1. The number of sulfonamides is 1. The van der Waals surface area contributed by atoms with Crippen LogP contribution in [0.4, 0.5) is 0 Å². The van der Waals surface area contributed by atoms with E-state index in [1.807, 2.05) is 22.9 Å². The van der Waals surface area contributed by atoms with Crippen LogP contribution in [0.25, 0.3) is 10.9 Å². The van der Waals surface area contributed by atoms with Crippen molar-refractivity contribution in [2.24, 2.45) is 0 Å². The predicted octanol–water partition coefficient (Wildman–Crippen LogP) is 3.65. The van der Waals surface area contributed by atoms with E-state index >= 15 is 0 Å². The highest BCUT2D eigenvalue weighted by Gasteiger charge is 2.25. The number of nitrogens with one attached hydrogen (secondary N) is 1. The van der Waals surface area contributed by atoms with Crippen LogP contribution in [0.5, 0.6) is 0 Å². The van der Waals surface area contributed by atoms with E-state index in [-0.39, 0.29) is 12.5 Å². The molecular weight excluding hydrogens is 386 g/mol. The summed E-state index contributed by atoms with van der Waals surface area (Å²) in [6.07, 6.45) is 11.7. The average Bonchev–Trinajstić information content (AvgIpc) is 2.92. The van der Waals surface area contributed by atoms with Gasteiger partial charge in [0.25, 0.3) is 0 Å². The molecule has 1 saturated carbocycles. The van der Waals surface area contributed by atoms with Gasteiger partial charge in [0.15, 0.2) is 0 Å². The van der Waals surface area contributed by atoms with E-state index < -0.39 is 10.0 Å². The lowest BCUT2D eigenvalue weighted by Gasteiger charge is -2.23. The van der Waals surface area contributed by atoms with Crippen molar-refractivity contribution < 1.29 is 13.2 Å². The largest absolute Gasteiger partial charge is 0.352 e. The fraction of sp³-hybridized carbons (Fsp3) is 0.591. The summed E-state index contributed by atoms with van der Waals surface area (Å²) in [5, 5.41) is 4.00. The topological polar surface area (TPSA) is 71.4 Å². The number of amides is 1. The Bertz CT molecular complexity index is 953. The highest BCUT2D eigenvalue weighted by Crippen LogP contribution is 2.25. The SMILES string of the molecule is O=C(Cn1ccc2cc(S(=O)(=O)N3CCCCCC3)ccc21)NC1CCCCC1. The molecule has 0 spiro atoms. The maximum atomic E-state index is 13.0. The summed E-state index contributed by atoms with van der Waals surface area (Å²) in [6.45, 7) is 1.46. The molecule has 2 aliphatic rings. The second-order valence-electron chi connectivity index (χ2n) is 8.39. The number of aromatic nitrogens is 1. The first kappa shape index (κ1) is 20.4. The number of fused-ring (bicyclic) bond motifs is 1. The van der Waals surface area contributed by atoms with Gasteiger partial charge in [-0.15, -0.1) is 0 Å². The third kappa shape index (κ3) is 4.67. The van der Waals surface area contributed by atoms with Gasteiger partial charge < -0.3 is 9.88 Å². The number of benzene rings is 1. The minimum Gasteiger partial charge on any atom is -0.352 e. The van der Waals surface area contributed by atoms with Gasteiger partial charge in [0.05, 0.1) is 4.90 Å². The molecule has 1 saturated heterocycles. The standard InChI is InChI=1S/C22H31N3O3S/c26-22(23-19-8-4-3-5-9-19)17-24-15-12-18-16-20(10-11-21(18)24)29(27,28)25-13-6-1-2-7-14-25/h10-12,15-16,19H,1-9,13-14,17H2,(H,23,26). The number of carbonyl (C=O) groups is 1. The van der Waals surface area contributed by atoms with Crippen molar-refractivity contribution in [3.05, 3.63) is 30.5 Å². The molecule has 4 rings (SSSR count). The quantitative estimate of drug-likeness (QED) is 0.807. The second-order valence-corrected chi connectivity index (χ2v) is 10.3. The Labute approximate surface area is 173 Å². The third-order valence-corrected chi connectivity index (χ3v) is 8.12. The van der Waals surface area contributed by atoms with Gasteiger partial charge in [0.2, 0.25) is 15.9 Å². The molecule has 1 aliphatic carbocycles. The van der Waals surface area contributed by atoms with Gasteiger partial charge in [-0.05, 0) is 49.9 Å². The summed E-state index contributed by atoms with van der Waals surface area (Å²) >= 11 is 0. The van der Waals surface area contributed by atoms with Gasteiger partial charge in [-0.1, -0.05) is 32.1 Å². The van der Waals surface area contributed by atoms with Gasteiger partial charge in [-0.25, -0.2) is 8.42 Å². The first-order valence-electron chi connectivity index (χ1n) is 10.9. The summed E-state index contributed by atoms with van der Waals surface area (Å²) < 4.78 is 29.6. The molecular formula is C22H31N3O3S. The van der Waals surface area contributed by atoms with E-state index in [0.29, 0.717) is 24.0 Å². The molecule has 6 nitrogen and oxygen atoms in total. The first-order valence-corrected chi connectivity index (χ1v) is 12.4. The average molecular weight is 418 g/mol. The number of hydrogen-bond acceptors (Lipinski definition) is 3. The molecule has 1 amide bonds. The summed E-state index contributed by atoms with van der Waals surface area (Å²) in [6, 6.07) is 7.44. The minimum absolute atomic E-state index is 0.0238. The fourth-order valence-electron chi connectivity index (χ4n) is 4.58. The Morgan fingerprint density at radius 1 is 0.966 bits per heavy atom.